The van der Waals surface area contributed by atoms with Gasteiger partial charge in [-0.05, 0) is 18.4 Å². The number of carbonyl (C=O) groups excluding carboxylic acids is 1. The van der Waals surface area contributed by atoms with E-state index in [-0.39, 0.29) is 17.9 Å². The molecule has 0 fully saturated rings. The van der Waals surface area contributed by atoms with Gasteiger partial charge in [0, 0.05) is 12.6 Å². The molecule has 0 saturated heterocycles. The topological polar surface area (TPSA) is 55.1 Å². The molecule has 0 heterocycles. The molecule has 3 N–H and O–H groups in total. The summed E-state index contributed by atoms with van der Waals surface area (Å²) in [6, 6.07) is 10.1. The van der Waals surface area contributed by atoms with E-state index in [1.807, 2.05) is 30.3 Å². The van der Waals surface area contributed by atoms with E-state index in [2.05, 4.69) is 19.2 Å². The third kappa shape index (κ3) is 5.33. The van der Waals surface area contributed by atoms with Crippen LogP contribution in [0.15, 0.2) is 30.3 Å². The van der Waals surface area contributed by atoms with Gasteiger partial charge in [0.15, 0.2) is 0 Å². The Balaban J connectivity index is 2.69. The molecule has 0 saturated carbocycles. The van der Waals surface area contributed by atoms with Gasteiger partial charge in [0.1, 0.15) is 0 Å². The molecule has 1 aromatic carbocycles. The van der Waals surface area contributed by atoms with Crippen LogP contribution in [0.25, 0.3) is 0 Å². The first-order chi connectivity index (χ1) is 9.72. The minimum atomic E-state index is -0.0584. The first-order valence-electron chi connectivity index (χ1n) is 7.78. The summed E-state index contributed by atoms with van der Waals surface area (Å²) < 4.78 is 0. The minimum absolute atomic E-state index is 0.0584. The highest BCUT2D eigenvalue weighted by Crippen LogP contribution is 2.21. The van der Waals surface area contributed by atoms with Gasteiger partial charge in [0.25, 0.3) is 0 Å². The summed E-state index contributed by atoms with van der Waals surface area (Å²) in [7, 11) is 0. The van der Waals surface area contributed by atoms with Gasteiger partial charge in [-0.3, -0.25) is 4.79 Å². The van der Waals surface area contributed by atoms with Crippen molar-refractivity contribution >= 4 is 5.91 Å². The average molecular weight is 276 g/mol. The summed E-state index contributed by atoms with van der Waals surface area (Å²) in [5.74, 6) is 0.0569. The Hall–Kier alpha value is -1.35. The van der Waals surface area contributed by atoms with E-state index < -0.39 is 0 Å². The molecule has 0 aliphatic rings. The number of carbonyl (C=O) groups is 1. The van der Waals surface area contributed by atoms with E-state index in [1.165, 1.54) is 0 Å². The van der Waals surface area contributed by atoms with Crippen molar-refractivity contribution < 1.29 is 4.79 Å². The number of nitrogens with one attached hydrogen (secondary N) is 1. The van der Waals surface area contributed by atoms with Crippen LogP contribution in [-0.4, -0.2) is 18.5 Å². The zero-order chi connectivity index (χ0) is 14.8. The van der Waals surface area contributed by atoms with E-state index in [9.17, 15) is 4.79 Å². The molecule has 0 spiro atoms. The van der Waals surface area contributed by atoms with Crippen molar-refractivity contribution in [1.82, 2.24) is 5.32 Å². The van der Waals surface area contributed by atoms with Crippen LogP contribution in [-0.2, 0) is 4.79 Å². The number of nitrogens with two attached hydrogens (primary N) is 1. The Morgan fingerprint density at radius 2 is 1.85 bits per heavy atom. The first-order valence-corrected chi connectivity index (χ1v) is 7.78. The second-order valence-electron chi connectivity index (χ2n) is 5.34. The molecule has 112 valence electrons. The SMILES string of the molecule is CCCCC(CN)NC(=O)C(CCC)c1ccccc1. The quantitative estimate of drug-likeness (QED) is 0.727. The molecule has 0 aliphatic carbocycles. The van der Waals surface area contributed by atoms with Crippen LogP contribution >= 0.6 is 0 Å². The highest BCUT2D eigenvalue weighted by Gasteiger charge is 2.21. The van der Waals surface area contributed by atoms with Gasteiger partial charge in [-0.1, -0.05) is 63.4 Å². The average Bonchev–Trinajstić information content (AvgIpc) is 2.49. The summed E-state index contributed by atoms with van der Waals surface area (Å²) in [5, 5.41) is 3.12. The summed E-state index contributed by atoms with van der Waals surface area (Å²) in [6.07, 6.45) is 5.07. The fourth-order valence-corrected chi connectivity index (χ4v) is 2.42. The fourth-order valence-electron chi connectivity index (χ4n) is 2.42. The second-order valence-corrected chi connectivity index (χ2v) is 5.34. The smallest absolute Gasteiger partial charge is 0.227 e. The number of rotatable bonds is 9. The van der Waals surface area contributed by atoms with Crippen LogP contribution in [0.1, 0.15) is 57.4 Å². The highest BCUT2D eigenvalue weighted by molar-refractivity contribution is 5.83. The third-order valence-electron chi connectivity index (χ3n) is 3.63. The lowest BCUT2D eigenvalue weighted by Gasteiger charge is -2.22. The molecule has 20 heavy (non-hydrogen) atoms. The lowest BCUT2D eigenvalue weighted by molar-refractivity contribution is -0.123. The van der Waals surface area contributed by atoms with E-state index in [0.29, 0.717) is 6.54 Å². The molecule has 0 radical (unpaired) electrons. The van der Waals surface area contributed by atoms with E-state index in [1.54, 1.807) is 0 Å². The molecular weight excluding hydrogens is 248 g/mol. The summed E-state index contributed by atoms with van der Waals surface area (Å²) in [6.45, 7) is 4.78. The van der Waals surface area contributed by atoms with Gasteiger partial charge < -0.3 is 11.1 Å². The predicted molar refractivity (Wildman–Crippen MR) is 84.6 cm³/mol. The van der Waals surface area contributed by atoms with Crippen molar-refractivity contribution in [3.63, 3.8) is 0 Å². The maximum atomic E-state index is 12.5. The van der Waals surface area contributed by atoms with Gasteiger partial charge in [-0.2, -0.15) is 0 Å². The lowest BCUT2D eigenvalue weighted by Crippen LogP contribution is -2.42. The summed E-state index contributed by atoms with van der Waals surface area (Å²) in [5.41, 5.74) is 6.86. The molecule has 0 bridgehead atoms. The largest absolute Gasteiger partial charge is 0.352 e. The maximum Gasteiger partial charge on any atom is 0.227 e. The van der Waals surface area contributed by atoms with Gasteiger partial charge in [0.2, 0.25) is 5.91 Å². The van der Waals surface area contributed by atoms with Crippen molar-refractivity contribution in [2.45, 2.75) is 57.9 Å². The van der Waals surface area contributed by atoms with Gasteiger partial charge in [0.05, 0.1) is 5.92 Å². The second kappa shape index (κ2) is 9.54. The zero-order valence-corrected chi connectivity index (χ0v) is 12.8. The molecule has 2 unspecified atom stereocenters. The molecule has 1 amide bonds. The van der Waals surface area contributed by atoms with Crippen LogP contribution in [0.3, 0.4) is 0 Å². The molecule has 1 aromatic rings. The number of hydrogen-bond acceptors (Lipinski definition) is 2. The predicted octanol–water partition coefficient (Wildman–Crippen LogP) is 3.20. The Morgan fingerprint density at radius 1 is 1.15 bits per heavy atom. The maximum absolute atomic E-state index is 12.5. The van der Waals surface area contributed by atoms with E-state index >= 15 is 0 Å². The molecule has 0 aromatic heterocycles. The van der Waals surface area contributed by atoms with E-state index in [0.717, 1.165) is 37.7 Å². The minimum Gasteiger partial charge on any atom is -0.352 e. The van der Waals surface area contributed by atoms with Gasteiger partial charge >= 0.3 is 0 Å². The number of benzene rings is 1. The van der Waals surface area contributed by atoms with Gasteiger partial charge in [-0.15, -0.1) is 0 Å². The Morgan fingerprint density at radius 3 is 2.40 bits per heavy atom. The molecule has 3 nitrogen and oxygen atoms in total. The highest BCUT2D eigenvalue weighted by atomic mass is 16.1. The van der Waals surface area contributed by atoms with Crippen LogP contribution in [0.5, 0.6) is 0 Å². The zero-order valence-electron chi connectivity index (χ0n) is 12.8. The number of amides is 1. The molecule has 1 rings (SSSR count). The Bertz CT molecular complexity index is 378. The standard InChI is InChI=1S/C17H28N2O/c1-3-5-12-15(13-18)19-17(20)16(9-4-2)14-10-7-6-8-11-14/h6-8,10-11,15-16H,3-5,9,12-13,18H2,1-2H3,(H,19,20). The normalized spacial score (nSPS) is 13.8. The number of unbranched alkanes of at least 4 members (excludes halogenated alkanes) is 1. The molecular formula is C17H28N2O. The van der Waals surface area contributed by atoms with Gasteiger partial charge in [-0.25, -0.2) is 0 Å². The number of hydrogen-bond donors (Lipinski definition) is 2. The van der Waals surface area contributed by atoms with Crippen molar-refractivity contribution in [2.75, 3.05) is 6.54 Å². The molecule has 0 aliphatic heterocycles. The monoisotopic (exact) mass is 276 g/mol. The Kier molecular flexibility index (Phi) is 7.97. The van der Waals surface area contributed by atoms with Crippen molar-refractivity contribution in [3.8, 4) is 0 Å². The van der Waals surface area contributed by atoms with Crippen LogP contribution in [0.4, 0.5) is 0 Å². The van der Waals surface area contributed by atoms with Crippen LogP contribution in [0, 0.1) is 0 Å². The van der Waals surface area contributed by atoms with Crippen molar-refractivity contribution in [1.29, 1.82) is 0 Å². The van der Waals surface area contributed by atoms with E-state index in [4.69, 9.17) is 5.73 Å². The lowest BCUT2D eigenvalue weighted by atomic mass is 9.93. The summed E-state index contributed by atoms with van der Waals surface area (Å²) in [4.78, 5) is 12.5. The van der Waals surface area contributed by atoms with Crippen LogP contribution < -0.4 is 11.1 Å². The third-order valence-corrected chi connectivity index (χ3v) is 3.63. The van der Waals surface area contributed by atoms with Crippen molar-refractivity contribution in [2.24, 2.45) is 5.73 Å². The molecule has 3 heteroatoms. The summed E-state index contributed by atoms with van der Waals surface area (Å²) >= 11 is 0. The van der Waals surface area contributed by atoms with Crippen LogP contribution in [0.2, 0.25) is 0 Å². The fraction of sp³-hybridized carbons (Fsp3) is 0.588. The Labute approximate surface area is 122 Å². The first kappa shape index (κ1) is 16.7. The molecule has 2 atom stereocenters. The van der Waals surface area contributed by atoms with Crippen molar-refractivity contribution in [3.05, 3.63) is 35.9 Å².